The molecule has 1 aliphatic heterocycles. The molecular formula is C20H25N3O3. The molecule has 0 radical (unpaired) electrons. The summed E-state index contributed by atoms with van der Waals surface area (Å²) in [6.45, 7) is 2.57. The van der Waals surface area contributed by atoms with Crippen molar-refractivity contribution in [1.29, 1.82) is 0 Å². The lowest BCUT2D eigenvalue weighted by Gasteiger charge is -2.15. The zero-order chi connectivity index (χ0) is 18.5. The van der Waals surface area contributed by atoms with E-state index in [-0.39, 0.29) is 18.0 Å². The van der Waals surface area contributed by atoms with Crippen molar-refractivity contribution >= 4 is 5.91 Å². The van der Waals surface area contributed by atoms with E-state index in [0.29, 0.717) is 13.0 Å². The van der Waals surface area contributed by atoms with Crippen LogP contribution in [-0.4, -0.2) is 26.2 Å². The van der Waals surface area contributed by atoms with Crippen LogP contribution in [0.15, 0.2) is 42.5 Å². The van der Waals surface area contributed by atoms with Gasteiger partial charge in [-0.3, -0.25) is 4.79 Å². The summed E-state index contributed by atoms with van der Waals surface area (Å²) in [5, 5.41) is 2.99. The van der Waals surface area contributed by atoms with Crippen LogP contribution in [0.5, 0.6) is 11.5 Å². The molecule has 0 aliphatic carbocycles. The number of rotatable bonds is 6. The van der Waals surface area contributed by atoms with Crippen molar-refractivity contribution in [3.05, 3.63) is 59.2 Å². The third kappa shape index (κ3) is 4.15. The first-order chi connectivity index (χ1) is 12.6. The molecule has 26 heavy (non-hydrogen) atoms. The summed E-state index contributed by atoms with van der Waals surface area (Å²) in [4.78, 5) is 12.5. The van der Waals surface area contributed by atoms with Gasteiger partial charge in [0.05, 0.1) is 20.3 Å². The van der Waals surface area contributed by atoms with Gasteiger partial charge in [0.25, 0.3) is 0 Å². The number of ether oxygens (including phenoxy) is 2. The topological polar surface area (TPSA) is 71.6 Å². The zero-order valence-electron chi connectivity index (χ0n) is 15.3. The van der Waals surface area contributed by atoms with Crippen molar-refractivity contribution in [3.8, 4) is 11.5 Å². The van der Waals surface area contributed by atoms with Crippen LogP contribution in [0.25, 0.3) is 0 Å². The molecule has 2 aromatic carbocycles. The number of methoxy groups -OCH3 is 2. The standard InChI is InChI=1S/C20H25N3O3/c1-13-5-4-6-14(9-13)12-21-20(24)18-11-17(22-23-18)16-8-7-15(25-2)10-19(16)26-3/h4-10,17-18,22-23H,11-12H2,1-3H3,(H,21,24). The molecule has 3 N–H and O–H groups in total. The van der Waals surface area contributed by atoms with Gasteiger partial charge in [-0.05, 0) is 25.0 Å². The zero-order valence-corrected chi connectivity index (χ0v) is 15.3. The monoisotopic (exact) mass is 355 g/mol. The van der Waals surface area contributed by atoms with Gasteiger partial charge in [0.1, 0.15) is 17.5 Å². The number of aryl methyl sites for hydroxylation is 1. The Labute approximate surface area is 153 Å². The van der Waals surface area contributed by atoms with E-state index in [4.69, 9.17) is 9.47 Å². The summed E-state index contributed by atoms with van der Waals surface area (Å²) in [6, 6.07) is 13.5. The van der Waals surface area contributed by atoms with E-state index in [2.05, 4.69) is 22.2 Å². The largest absolute Gasteiger partial charge is 0.497 e. The maximum atomic E-state index is 12.5. The fourth-order valence-electron chi connectivity index (χ4n) is 3.17. The molecule has 0 bridgehead atoms. The first-order valence-electron chi connectivity index (χ1n) is 8.67. The molecule has 3 rings (SSSR count). The average Bonchev–Trinajstić information content (AvgIpc) is 3.15. The average molecular weight is 355 g/mol. The number of carbonyl (C=O) groups excluding carboxylic acids is 1. The third-order valence-electron chi connectivity index (χ3n) is 4.58. The summed E-state index contributed by atoms with van der Waals surface area (Å²) in [5.41, 5.74) is 9.55. The van der Waals surface area contributed by atoms with Crippen molar-refractivity contribution in [1.82, 2.24) is 16.2 Å². The van der Waals surface area contributed by atoms with Crippen molar-refractivity contribution in [2.75, 3.05) is 14.2 Å². The summed E-state index contributed by atoms with van der Waals surface area (Å²) >= 11 is 0. The summed E-state index contributed by atoms with van der Waals surface area (Å²) < 4.78 is 10.7. The quantitative estimate of drug-likeness (QED) is 0.741. The highest BCUT2D eigenvalue weighted by atomic mass is 16.5. The molecule has 1 amide bonds. The molecule has 6 nitrogen and oxygen atoms in total. The van der Waals surface area contributed by atoms with Crippen LogP contribution in [0.4, 0.5) is 0 Å². The number of benzene rings is 2. The Morgan fingerprint density at radius 1 is 1.15 bits per heavy atom. The molecule has 138 valence electrons. The summed E-state index contributed by atoms with van der Waals surface area (Å²) in [7, 11) is 3.26. The molecule has 1 fully saturated rings. The van der Waals surface area contributed by atoms with E-state index in [1.165, 1.54) is 5.56 Å². The minimum absolute atomic E-state index is 0.00873. The number of nitrogens with one attached hydrogen (secondary N) is 3. The predicted octanol–water partition coefficient (Wildman–Crippen LogP) is 2.24. The number of hydrogen-bond acceptors (Lipinski definition) is 5. The minimum Gasteiger partial charge on any atom is -0.497 e. The van der Waals surface area contributed by atoms with Gasteiger partial charge >= 0.3 is 0 Å². The maximum Gasteiger partial charge on any atom is 0.238 e. The Morgan fingerprint density at radius 3 is 2.73 bits per heavy atom. The lowest BCUT2D eigenvalue weighted by molar-refractivity contribution is -0.123. The third-order valence-corrected chi connectivity index (χ3v) is 4.58. The van der Waals surface area contributed by atoms with E-state index in [1.54, 1.807) is 14.2 Å². The number of carbonyl (C=O) groups is 1. The van der Waals surface area contributed by atoms with E-state index in [9.17, 15) is 4.79 Å². The van der Waals surface area contributed by atoms with E-state index < -0.39 is 0 Å². The minimum atomic E-state index is -0.295. The molecule has 0 aromatic heterocycles. The van der Waals surface area contributed by atoms with Crippen molar-refractivity contribution in [2.24, 2.45) is 0 Å². The van der Waals surface area contributed by atoms with Gasteiger partial charge in [-0.25, -0.2) is 10.9 Å². The van der Waals surface area contributed by atoms with Crippen LogP contribution in [0.3, 0.4) is 0 Å². The SMILES string of the molecule is COc1ccc(C2CC(C(=O)NCc3cccc(C)c3)NN2)c(OC)c1. The second-order valence-corrected chi connectivity index (χ2v) is 6.44. The second kappa shape index (κ2) is 8.21. The van der Waals surface area contributed by atoms with Gasteiger partial charge in [-0.2, -0.15) is 0 Å². The van der Waals surface area contributed by atoms with Gasteiger partial charge in [0, 0.05) is 18.2 Å². The summed E-state index contributed by atoms with van der Waals surface area (Å²) in [6.07, 6.45) is 0.641. The Bertz CT molecular complexity index is 779. The molecule has 6 heteroatoms. The predicted molar refractivity (Wildman–Crippen MR) is 100.0 cm³/mol. The molecule has 1 heterocycles. The second-order valence-electron chi connectivity index (χ2n) is 6.44. The highest BCUT2D eigenvalue weighted by Crippen LogP contribution is 2.33. The van der Waals surface area contributed by atoms with Crippen LogP contribution >= 0.6 is 0 Å². The Morgan fingerprint density at radius 2 is 2.00 bits per heavy atom. The van der Waals surface area contributed by atoms with Crippen LogP contribution in [-0.2, 0) is 11.3 Å². The molecule has 2 atom stereocenters. The van der Waals surface area contributed by atoms with Crippen molar-refractivity contribution in [3.63, 3.8) is 0 Å². The molecule has 1 aliphatic rings. The van der Waals surface area contributed by atoms with Crippen LogP contribution < -0.4 is 25.6 Å². The lowest BCUT2D eigenvalue weighted by atomic mass is 10.0. The normalized spacial score (nSPS) is 19.2. The van der Waals surface area contributed by atoms with Gasteiger partial charge in [0.15, 0.2) is 0 Å². The first kappa shape index (κ1) is 18.2. The fourth-order valence-corrected chi connectivity index (χ4v) is 3.17. The van der Waals surface area contributed by atoms with Crippen LogP contribution in [0.2, 0.25) is 0 Å². The Hall–Kier alpha value is -2.57. The summed E-state index contributed by atoms with van der Waals surface area (Å²) in [5.74, 6) is 1.46. The fraction of sp³-hybridized carbons (Fsp3) is 0.350. The molecule has 0 saturated carbocycles. The van der Waals surface area contributed by atoms with Crippen molar-refractivity contribution in [2.45, 2.75) is 32.0 Å². The number of hydrazine groups is 1. The number of amides is 1. The molecule has 2 aromatic rings. The first-order valence-corrected chi connectivity index (χ1v) is 8.67. The van der Waals surface area contributed by atoms with Gasteiger partial charge in [0.2, 0.25) is 5.91 Å². The van der Waals surface area contributed by atoms with Gasteiger partial charge in [-0.1, -0.05) is 35.9 Å². The van der Waals surface area contributed by atoms with Crippen LogP contribution in [0.1, 0.15) is 29.2 Å². The highest BCUT2D eigenvalue weighted by molar-refractivity contribution is 5.82. The number of hydrogen-bond donors (Lipinski definition) is 3. The van der Waals surface area contributed by atoms with Gasteiger partial charge in [-0.15, -0.1) is 0 Å². The van der Waals surface area contributed by atoms with E-state index in [0.717, 1.165) is 22.6 Å². The molecular weight excluding hydrogens is 330 g/mol. The van der Waals surface area contributed by atoms with Crippen molar-refractivity contribution < 1.29 is 14.3 Å². The Balaban J connectivity index is 1.60. The maximum absolute atomic E-state index is 12.5. The Kier molecular flexibility index (Phi) is 5.75. The van der Waals surface area contributed by atoms with E-state index in [1.807, 2.05) is 43.3 Å². The highest BCUT2D eigenvalue weighted by Gasteiger charge is 2.31. The molecule has 1 saturated heterocycles. The molecule has 0 spiro atoms. The lowest BCUT2D eigenvalue weighted by Crippen LogP contribution is -2.42. The van der Waals surface area contributed by atoms with Crippen LogP contribution in [0, 0.1) is 6.92 Å². The van der Waals surface area contributed by atoms with Gasteiger partial charge < -0.3 is 14.8 Å². The molecule has 2 unspecified atom stereocenters. The van der Waals surface area contributed by atoms with E-state index >= 15 is 0 Å². The smallest absolute Gasteiger partial charge is 0.238 e.